The Bertz CT molecular complexity index is 873. The van der Waals surface area contributed by atoms with Crippen molar-refractivity contribution in [3.63, 3.8) is 0 Å². The minimum absolute atomic E-state index is 0.145. The van der Waals surface area contributed by atoms with Crippen LogP contribution in [0.4, 0.5) is 0 Å². The minimum Gasteiger partial charge on any atom is -0.395 e. The van der Waals surface area contributed by atoms with Gasteiger partial charge in [-0.1, -0.05) is 24.3 Å². The van der Waals surface area contributed by atoms with Crippen molar-refractivity contribution in [1.82, 2.24) is 0 Å². The van der Waals surface area contributed by atoms with Crippen molar-refractivity contribution in [3.05, 3.63) is 57.6 Å². The highest BCUT2D eigenvalue weighted by Gasteiger charge is 2.51. The zero-order valence-electron chi connectivity index (χ0n) is 13.8. The predicted molar refractivity (Wildman–Crippen MR) is 90.9 cm³/mol. The molecule has 1 aliphatic heterocycles. The van der Waals surface area contributed by atoms with Crippen molar-refractivity contribution >= 4 is 7.82 Å². The fourth-order valence-corrected chi connectivity index (χ4v) is 5.82. The van der Waals surface area contributed by atoms with Gasteiger partial charge >= 0.3 is 7.82 Å². The SMILES string of the molecule is Cc1ccc2c3c1OP(=O)(O)Oc1c(C)ccc4c1C3(CC2)CC4. The molecule has 0 saturated carbocycles. The van der Waals surface area contributed by atoms with Crippen molar-refractivity contribution in [2.75, 3.05) is 0 Å². The second-order valence-corrected chi connectivity index (χ2v) is 8.53. The average molecular weight is 342 g/mol. The number of hydrogen-bond acceptors (Lipinski definition) is 3. The van der Waals surface area contributed by atoms with Crippen LogP contribution in [0.25, 0.3) is 0 Å². The first-order valence-corrected chi connectivity index (χ1v) is 9.89. The zero-order chi connectivity index (χ0) is 16.7. The van der Waals surface area contributed by atoms with Gasteiger partial charge in [-0.15, -0.1) is 0 Å². The summed E-state index contributed by atoms with van der Waals surface area (Å²) in [4.78, 5) is 10.3. The largest absolute Gasteiger partial charge is 0.584 e. The Morgan fingerprint density at radius 3 is 1.83 bits per heavy atom. The Balaban J connectivity index is 1.94. The Kier molecular flexibility index (Phi) is 2.69. The predicted octanol–water partition coefficient (Wildman–Crippen LogP) is 4.35. The number of phosphoric acid groups is 1. The van der Waals surface area contributed by atoms with Gasteiger partial charge in [0.15, 0.2) is 0 Å². The summed E-state index contributed by atoms with van der Waals surface area (Å²) in [5.74, 6) is 1.10. The summed E-state index contributed by atoms with van der Waals surface area (Å²) in [6.45, 7) is 3.85. The summed E-state index contributed by atoms with van der Waals surface area (Å²) in [5.41, 5.74) is 6.33. The molecule has 0 bridgehead atoms. The van der Waals surface area contributed by atoms with Crippen molar-refractivity contribution in [1.29, 1.82) is 0 Å². The maximum Gasteiger partial charge on any atom is 0.584 e. The summed E-state index contributed by atoms with van der Waals surface area (Å²) in [7, 11) is -4.22. The molecule has 3 aliphatic rings. The third-order valence-corrected chi connectivity index (χ3v) is 6.72. The van der Waals surface area contributed by atoms with Crippen LogP contribution in [0.5, 0.6) is 11.5 Å². The van der Waals surface area contributed by atoms with Crippen LogP contribution < -0.4 is 9.05 Å². The van der Waals surface area contributed by atoms with Crippen LogP contribution in [0.15, 0.2) is 24.3 Å². The monoisotopic (exact) mass is 342 g/mol. The highest BCUT2D eigenvalue weighted by molar-refractivity contribution is 7.48. The van der Waals surface area contributed by atoms with E-state index in [0.29, 0.717) is 11.5 Å². The summed E-state index contributed by atoms with van der Waals surface area (Å²) >= 11 is 0. The van der Waals surface area contributed by atoms with Gasteiger partial charge in [0.25, 0.3) is 0 Å². The highest BCUT2D eigenvalue weighted by atomic mass is 31.2. The van der Waals surface area contributed by atoms with Gasteiger partial charge in [0.2, 0.25) is 0 Å². The van der Waals surface area contributed by atoms with Gasteiger partial charge in [-0.2, -0.15) is 0 Å². The van der Waals surface area contributed by atoms with Gasteiger partial charge in [-0.25, -0.2) is 4.57 Å². The van der Waals surface area contributed by atoms with Crippen molar-refractivity contribution in [2.45, 2.75) is 44.9 Å². The lowest BCUT2D eigenvalue weighted by Gasteiger charge is -2.34. The van der Waals surface area contributed by atoms with Gasteiger partial charge < -0.3 is 9.05 Å². The van der Waals surface area contributed by atoms with E-state index in [9.17, 15) is 9.46 Å². The molecule has 0 radical (unpaired) electrons. The number of aryl methyl sites for hydroxylation is 4. The van der Waals surface area contributed by atoms with Crippen LogP contribution in [0, 0.1) is 13.8 Å². The summed E-state index contributed by atoms with van der Waals surface area (Å²) < 4.78 is 23.8. The summed E-state index contributed by atoms with van der Waals surface area (Å²) in [6, 6.07) is 8.23. The van der Waals surface area contributed by atoms with Crippen LogP contribution in [-0.2, 0) is 22.8 Å². The van der Waals surface area contributed by atoms with Crippen molar-refractivity contribution in [3.8, 4) is 11.5 Å². The number of rotatable bonds is 0. The molecule has 24 heavy (non-hydrogen) atoms. The first-order valence-electron chi connectivity index (χ1n) is 8.39. The standard InChI is InChI=1S/C19H19O4P/c1-11-3-5-13-7-9-19-10-8-14-6-4-12(2)18(16(14)19)23-24(20,21)22-17(11)15(13)19/h3-6H,7-10H2,1-2H3,(H,20,21). The van der Waals surface area contributed by atoms with Crippen molar-refractivity contribution in [2.24, 2.45) is 0 Å². The van der Waals surface area contributed by atoms with E-state index in [2.05, 4.69) is 12.1 Å². The lowest BCUT2D eigenvalue weighted by molar-refractivity contribution is 0.278. The Morgan fingerprint density at radius 1 is 0.917 bits per heavy atom. The second kappa shape index (κ2) is 4.44. The Morgan fingerprint density at radius 2 is 1.38 bits per heavy atom. The minimum atomic E-state index is -4.22. The molecule has 1 heterocycles. The van der Waals surface area contributed by atoms with E-state index in [1.165, 1.54) is 11.1 Å². The zero-order valence-corrected chi connectivity index (χ0v) is 14.7. The fourth-order valence-electron chi connectivity index (χ4n) is 4.85. The van der Waals surface area contributed by atoms with E-state index >= 15 is 0 Å². The van der Waals surface area contributed by atoms with Gasteiger partial charge in [0, 0.05) is 16.5 Å². The average Bonchev–Trinajstić information content (AvgIpc) is 3.07. The molecule has 1 spiro atoms. The molecule has 124 valence electrons. The molecular weight excluding hydrogens is 323 g/mol. The smallest absolute Gasteiger partial charge is 0.395 e. The van der Waals surface area contributed by atoms with Crippen LogP contribution in [0.2, 0.25) is 0 Å². The topological polar surface area (TPSA) is 55.8 Å². The van der Waals surface area contributed by atoms with Crippen LogP contribution in [0.1, 0.15) is 46.2 Å². The normalized spacial score (nSPS) is 21.1. The third-order valence-electron chi connectivity index (χ3n) is 5.89. The van der Waals surface area contributed by atoms with Crippen LogP contribution >= 0.6 is 7.82 Å². The lowest BCUT2D eigenvalue weighted by Crippen LogP contribution is -2.25. The highest BCUT2D eigenvalue weighted by Crippen LogP contribution is 2.63. The van der Waals surface area contributed by atoms with Crippen LogP contribution in [-0.4, -0.2) is 4.89 Å². The molecule has 5 heteroatoms. The molecule has 0 aromatic heterocycles. The molecule has 0 atom stereocenters. The van der Waals surface area contributed by atoms with E-state index in [0.717, 1.165) is 47.9 Å². The van der Waals surface area contributed by atoms with Crippen LogP contribution in [0.3, 0.4) is 0 Å². The van der Waals surface area contributed by atoms with E-state index in [1.807, 2.05) is 26.0 Å². The van der Waals surface area contributed by atoms with Crippen molar-refractivity contribution < 1.29 is 18.5 Å². The van der Waals surface area contributed by atoms with Gasteiger partial charge in [0.1, 0.15) is 11.5 Å². The van der Waals surface area contributed by atoms with Gasteiger partial charge in [0.05, 0.1) is 0 Å². The maximum atomic E-state index is 12.6. The Hall–Kier alpha value is -1.77. The van der Waals surface area contributed by atoms with E-state index < -0.39 is 7.82 Å². The lowest BCUT2D eigenvalue weighted by atomic mass is 9.75. The third kappa shape index (κ3) is 1.71. The molecule has 2 aromatic rings. The number of hydrogen-bond donors (Lipinski definition) is 1. The first kappa shape index (κ1) is 14.6. The molecule has 0 amide bonds. The molecule has 0 fully saturated rings. The summed E-state index contributed by atoms with van der Waals surface area (Å²) in [6.07, 6.45) is 3.94. The van der Waals surface area contributed by atoms with E-state index in [1.54, 1.807) is 0 Å². The van der Waals surface area contributed by atoms with E-state index in [-0.39, 0.29) is 5.41 Å². The first-order chi connectivity index (χ1) is 11.4. The van der Waals surface area contributed by atoms with E-state index in [4.69, 9.17) is 9.05 Å². The molecule has 2 aliphatic carbocycles. The molecular formula is C19H19O4P. The molecule has 5 rings (SSSR count). The molecule has 4 nitrogen and oxygen atoms in total. The fraction of sp³-hybridized carbons (Fsp3) is 0.368. The molecule has 0 unspecified atom stereocenters. The number of phosphoric ester groups is 1. The Labute approximate surface area is 141 Å². The molecule has 1 N–H and O–H groups in total. The molecule has 2 aromatic carbocycles. The van der Waals surface area contributed by atoms with Gasteiger partial charge in [-0.3, -0.25) is 4.89 Å². The second-order valence-electron chi connectivity index (χ2n) is 7.22. The van der Waals surface area contributed by atoms with Gasteiger partial charge in [-0.05, 0) is 61.8 Å². The molecule has 0 saturated heterocycles. The summed E-state index contributed by atoms with van der Waals surface area (Å²) in [5, 5.41) is 0. The number of benzene rings is 2. The maximum absolute atomic E-state index is 12.6. The quantitative estimate of drug-likeness (QED) is 0.723.